The molecule has 0 bridgehead atoms. The number of hydrogen-bond donors (Lipinski definition) is 1. The van der Waals surface area contributed by atoms with Crippen LogP contribution in [-0.2, 0) is 6.54 Å². The van der Waals surface area contributed by atoms with E-state index in [4.69, 9.17) is 4.98 Å². The molecule has 2 aliphatic carbocycles. The third-order valence-electron chi connectivity index (χ3n) is 7.78. The van der Waals surface area contributed by atoms with E-state index in [1.807, 2.05) is 0 Å². The molecule has 1 saturated heterocycles. The number of piperidine rings is 1. The lowest BCUT2D eigenvalue weighted by Gasteiger charge is -2.29. The molecule has 0 spiro atoms. The van der Waals surface area contributed by atoms with Crippen LogP contribution in [0.3, 0.4) is 0 Å². The molecule has 5 rings (SSSR count). The summed E-state index contributed by atoms with van der Waals surface area (Å²) in [6, 6.07) is -1.76. The monoisotopic (exact) mass is 422 g/mol. The van der Waals surface area contributed by atoms with Crippen LogP contribution in [0, 0.1) is 5.92 Å². The second-order valence-corrected chi connectivity index (χ2v) is 9.72. The predicted octanol–water partition coefficient (Wildman–Crippen LogP) is 5.65. The second-order valence-electron chi connectivity index (χ2n) is 9.72. The van der Waals surface area contributed by atoms with Crippen molar-refractivity contribution in [2.75, 3.05) is 13.1 Å². The van der Waals surface area contributed by atoms with E-state index < -0.39 is 12.2 Å². The van der Waals surface area contributed by atoms with Gasteiger partial charge in [-0.2, -0.15) is 13.2 Å². The number of hydrogen-bond acceptors (Lipinski definition) is 3. The van der Waals surface area contributed by atoms with Crippen molar-refractivity contribution in [1.29, 1.82) is 0 Å². The minimum absolute atomic E-state index is 0.0523. The molecule has 1 aromatic rings. The van der Waals surface area contributed by atoms with Gasteiger partial charge in [-0.1, -0.05) is 19.3 Å². The minimum Gasteiger partial charge on any atom is -0.331 e. The number of nitrogens with one attached hydrogen (secondary N) is 1. The van der Waals surface area contributed by atoms with Gasteiger partial charge in [0.05, 0.1) is 11.4 Å². The molecule has 2 atom stereocenters. The zero-order chi connectivity index (χ0) is 20.7. The molecular formula is C23H33F3N4. The van der Waals surface area contributed by atoms with Gasteiger partial charge in [-0.25, -0.2) is 4.98 Å². The molecule has 4 nitrogen and oxygen atoms in total. The Morgan fingerprint density at radius 2 is 1.73 bits per heavy atom. The highest BCUT2D eigenvalue weighted by atomic mass is 19.4. The van der Waals surface area contributed by atoms with Crippen molar-refractivity contribution < 1.29 is 13.2 Å². The van der Waals surface area contributed by atoms with Crippen molar-refractivity contribution >= 4 is 5.71 Å². The Morgan fingerprint density at radius 3 is 2.47 bits per heavy atom. The van der Waals surface area contributed by atoms with Crippen LogP contribution in [-0.4, -0.2) is 34.5 Å². The van der Waals surface area contributed by atoms with Crippen molar-refractivity contribution in [1.82, 2.24) is 14.9 Å². The Morgan fingerprint density at radius 1 is 0.967 bits per heavy atom. The van der Waals surface area contributed by atoms with Crippen LogP contribution in [0.2, 0.25) is 0 Å². The summed E-state index contributed by atoms with van der Waals surface area (Å²) in [5, 5.41) is 3.41. The van der Waals surface area contributed by atoms with Gasteiger partial charge < -0.3 is 9.88 Å². The molecule has 1 aromatic heterocycles. The van der Waals surface area contributed by atoms with Crippen molar-refractivity contribution in [2.45, 2.75) is 101 Å². The van der Waals surface area contributed by atoms with Crippen LogP contribution >= 0.6 is 0 Å². The zero-order valence-corrected chi connectivity index (χ0v) is 17.7. The fourth-order valence-electron chi connectivity index (χ4n) is 6.19. The smallest absolute Gasteiger partial charge is 0.331 e. The third-order valence-corrected chi connectivity index (χ3v) is 7.78. The maximum Gasteiger partial charge on any atom is 0.416 e. The Labute approximate surface area is 176 Å². The summed E-state index contributed by atoms with van der Waals surface area (Å²) in [4.78, 5) is 8.98. The van der Waals surface area contributed by atoms with E-state index in [2.05, 4.69) is 14.9 Å². The third kappa shape index (κ3) is 3.82. The Kier molecular flexibility index (Phi) is 5.67. The maximum absolute atomic E-state index is 14.0. The lowest BCUT2D eigenvalue weighted by atomic mass is 9.88. The molecule has 0 radical (unpaired) electrons. The number of alkyl halides is 3. The molecule has 0 aromatic carbocycles. The van der Waals surface area contributed by atoms with Gasteiger partial charge in [0, 0.05) is 24.1 Å². The molecule has 3 heterocycles. The Bertz CT molecular complexity index is 785. The predicted molar refractivity (Wildman–Crippen MR) is 111 cm³/mol. The highest BCUT2D eigenvalue weighted by Gasteiger charge is 2.49. The van der Waals surface area contributed by atoms with Crippen molar-refractivity contribution in [3.05, 3.63) is 17.2 Å². The Hall–Kier alpha value is -1.37. The molecule has 2 aliphatic heterocycles. The maximum atomic E-state index is 14.0. The summed E-state index contributed by atoms with van der Waals surface area (Å²) in [6.45, 7) is 2.92. The average molecular weight is 423 g/mol. The summed E-state index contributed by atoms with van der Waals surface area (Å²) < 4.78 is 44.2. The van der Waals surface area contributed by atoms with E-state index in [1.54, 1.807) is 0 Å². The van der Waals surface area contributed by atoms with Crippen LogP contribution < -0.4 is 5.32 Å². The van der Waals surface area contributed by atoms with E-state index in [0.29, 0.717) is 18.3 Å². The SMILES string of the molecule is FC(F)(F)C1N=C2CCCC2c2c1nc(C1CCCCC1)n2CCC1CCNCC1. The first-order valence-electron chi connectivity index (χ1n) is 12.0. The van der Waals surface area contributed by atoms with E-state index in [0.717, 1.165) is 94.7 Å². The number of aromatic nitrogens is 2. The van der Waals surface area contributed by atoms with Gasteiger partial charge in [-0.3, -0.25) is 4.99 Å². The summed E-state index contributed by atoms with van der Waals surface area (Å²) in [6.07, 6.45) is 7.21. The van der Waals surface area contributed by atoms with E-state index in [1.165, 1.54) is 6.42 Å². The van der Waals surface area contributed by atoms with Gasteiger partial charge in [0.15, 0.2) is 6.04 Å². The topological polar surface area (TPSA) is 42.2 Å². The minimum atomic E-state index is -4.37. The largest absolute Gasteiger partial charge is 0.416 e. The molecule has 7 heteroatoms. The molecular weight excluding hydrogens is 389 g/mol. The van der Waals surface area contributed by atoms with Crippen LogP contribution in [0.5, 0.6) is 0 Å². The normalized spacial score (nSPS) is 28.3. The summed E-state index contributed by atoms with van der Waals surface area (Å²) >= 11 is 0. The molecule has 3 fully saturated rings. The van der Waals surface area contributed by atoms with Crippen LogP contribution in [0.4, 0.5) is 13.2 Å². The highest BCUT2D eigenvalue weighted by molar-refractivity contribution is 5.94. The first kappa shape index (κ1) is 20.5. The fourth-order valence-corrected chi connectivity index (χ4v) is 6.19. The zero-order valence-electron chi connectivity index (χ0n) is 17.7. The quantitative estimate of drug-likeness (QED) is 0.682. The summed E-state index contributed by atoms with van der Waals surface area (Å²) in [5.41, 5.74) is 1.86. The van der Waals surface area contributed by atoms with Gasteiger partial charge in [0.1, 0.15) is 5.82 Å². The lowest BCUT2D eigenvalue weighted by Crippen LogP contribution is -2.30. The number of aliphatic imine (C=N–C) groups is 1. The van der Waals surface area contributed by atoms with E-state index in [-0.39, 0.29) is 11.6 Å². The first-order valence-corrected chi connectivity index (χ1v) is 12.0. The fraction of sp³-hybridized carbons (Fsp3) is 0.826. The molecule has 2 saturated carbocycles. The first-order chi connectivity index (χ1) is 14.5. The van der Waals surface area contributed by atoms with E-state index >= 15 is 0 Å². The van der Waals surface area contributed by atoms with Gasteiger partial charge in [0.25, 0.3) is 0 Å². The van der Waals surface area contributed by atoms with Gasteiger partial charge in [0.2, 0.25) is 0 Å². The van der Waals surface area contributed by atoms with Gasteiger partial charge in [-0.05, 0) is 70.4 Å². The number of fused-ring (bicyclic) bond motifs is 3. The van der Waals surface area contributed by atoms with Crippen LogP contribution in [0.15, 0.2) is 4.99 Å². The molecule has 2 unspecified atom stereocenters. The van der Waals surface area contributed by atoms with Crippen LogP contribution in [0.1, 0.15) is 106 Å². The Balaban J connectivity index is 1.54. The van der Waals surface area contributed by atoms with E-state index in [9.17, 15) is 13.2 Å². The second kappa shape index (κ2) is 8.29. The average Bonchev–Trinajstić information content (AvgIpc) is 3.36. The number of imidazole rings is 1. The van der Waals surface area contributed by atoms with Gasteiger partial charge >= 0.3 is 6.18 Å². The standard InChI is InChI=1S/C23H33F3N4/c24-23(25,26)21-19-20(17-7-4-8-18(17)28-21)30(14-11-15-9-12-27-13-10-15)22(29-19)16-5-2-1-3-6-16/h15-17,21,27H,1-14H2. The lowest BCUT2D eigenvalue weighted by molar-refractivity contribution is -0.149. The van der Waals surface area contributed by atoms with Crippen molar-refractivity contribution in [3.63, 3.8) is 0 Å². The molecule has 4 aliphatic rings. The number of rotatable bonds is 4. The summed E-state index contributed by atoms with van der Waals surface area (Å²) in [5.74, 6) is 1.95. The molecule has 0 amide bonds. The highest BCUT2D eigenvalue weighted by Crippen LogP contribution is 2.49. The van der Waals surface area contributed by atoms with Crippen LogP contribution in [0.25, 0.3) is 0 Å². The molecule has 166 valence electrons. The van der Waals surface area contributed by atoms with Gasteiger partial charge in [-0.15, -0.1) is 0 Å². The molecule has 30 heavy (non-hydrogen) atoms. The number of nitrogens with zero attached hydrogens (tertiary/aromatic N) is 3. The number of halogens is 3. The summed E-state index contributed by atoms with van der Waals surface area (Å²) in [7, 11) is 0. The van der Waals surface area contributed by atoms with Crippen molar-refractivity contribution in [3.8, 4) is 0 Å². The molecule has 1 N–H and O–H groups in total. The van der Waals surface area contributed by atoms with Crippen molar-refractivity contribution in [2.24, 2.45) is 10.9 Å².